The first-order valence-electron chi connectivity index (χ1n) is 5.91. The topological polar surface area (TPSA) is 92.4 Å². The Morgan fingerprint density at radius 1 is 1.28 bits per heavy atom. The molecule has 0 unspecified atom stereocenters. The van der Waals surface area contributed by atoms with E-state index in [9.17, 15) is 9.59 Å². The molecule has 0 radical (unpaired) electrons. The number of aliphatic carboxylic acids is 1. The molecular weight excluding hydrogens is 232 g/mol. The molecule has 0 bridgehead atoms. The zero-order valence-electron chi connectivity index (χ0n) is 9.93. The van der Waals surface area contributed by atoms with Gasteiger partial charge < -0.3 is 16.2 Å². The van der Waals surface area contributed by atoms with Crippen LogP contribution < -0.4 is 11.1 Å². The van der Waals surface area contributed by atoms with E-state index in [0.717, 1.165) is 6.42 Å². The number of hydrogen-bond acceptors (Lipinski definition) is 3. The van der Waals surface area contributed by atoms with Crippen molar-refractivity contribution in [2.45, 2.75) is 30.8 Å². The summed E-state index contributed by atoms with van der Waals surface area (Å²) >= 11 is 0. The lowest BCUT2D eigenvalue weighted by Gasteiger charge is -2.38. The van der Waals surface area contributed by atoms with Crippen molar-refractivity contribution in [2.24, 2.45) is 5.73 Å². The molecule has 1 atom stereocenters. The van der Waals surface area contributed by atoms with E-state index < -0.39 is 23.5 Å². The Morgan fingerprint density at radius 3 is 2.33 bits per heavy atom. The van der Waals surface area contributed by atoms with Gasteiger partial charge in [0.05, 0.1) is 0 Å². The number of amides is 1. The van der Waals surface area contributed by atoms with Crippen LogP contribution in [0.5, 0.6) is 0 Å². The van der Waals surface area contributed by atoms with Crippen molar-refractivity contribution in [3.8, 4) is 0 Å². The van der Waals surface area contributed by atoms with Gasteiger partial charge >= 0.3 is 5.97 Å². The highest BCUT2D eigenvalue weighted by Gasteiger charge is 2.46. The van der Waals surface area contributed by atoms with Crippen LogP contribution in [0.15, 0.2) is 30.3 Å². The standard InChI is InChI=1S/C13H16N2O3/c14-10(9-5-2-1-3-6-9)11(16)15-13(12(17)18)7-4-8-13/h1-3,5-6,10H,4,7-8,14H2,(H,15,16)(H,17,18)/t10-/m0/s1. The number of carboxylic acid groups (broad SMARTS) is 1. The highest BCUT2D eigenvalue weighted by atomic mass is 16.4. The second kappa shape index (κ2) is 4.78. The molecule has 1 aromatic rings. The average Bonchev–Trinajstić information content (AvgIpc) is 2.33. The van der Waals surface area contributed by atoms with Gasteiger partial charge in [-0.3, -0.25) is 4.79 Å². The van der Waals surface area contributed by atoms with Crippen molar-refractivity contribution < 1.29 is 14.7 Å². The van der Waals surface area contributed by atoms with Crippen LogP contribution in [0.4, 0.5) is 0 Å². The van der Waals surface area contributed by atoms with Crippen LogP contribution in [0.2, 0.25) is 0 Å². The quantitative estimate of drug-likeness (QED) is 0.735. The summed E-state index contributed by atoms with van der Waals surface area (Å²) in [5.74, 6) is -1.43. The fourth-order valence-corrected chi connectivity index (χ4v) is 2.05. The number of benzene rings is 1. The summed E-state index contributed by atoms with van der Waals surface area (Å²) in [6.07, 6.45) is 1.75. The third-order valence-electron chi connectivity index (χ3n) is 3.42. The Hall–Kier alpha value is -1.88. The highest BCUT2D eigenvalue weighted by Crippen LogP contribution is 2.32. The van der Waals surface area contributed by atoms with E-state index in [1.54, 1.807) is 24.3 Å². The highest BCUT2D eigenvalue weighted by molar-refractivity contribution is 5.90. The van der Waals surface area contributed by atoms with Gasteiger partial charge in [-0.25, -0.2) is 4.79 Å². The van der Waals surface area contributed by atoms with Crippen molar-refractivity contribution in [1.82, 2.24) is 5.32 Å². The molecule has 0 heterocycles. The minimum Gasteiger partial charge on any atom is -0.480 e. The number of rotatable bonds is 4. The molecule has 0 spiro atoms. The van der Waals surface area contributed by atoms with E-state index >= 15 is 0 Å². The summed E-state index contributed by atoms with van der Waals surface area (Å²) in [6, 6.07) is 8.08. The zero-order valence-corrected chi connectivity index (χ0v) is 9.93. The van der Waals surface area contributed by atoms with E-state index in [1.165, 1.54) is 0 Å². The molecule has 5 nitrogen and oxygen atoms in total. The third-order valence-corrected chi connectivity index (χ3v) is 3.42. The fourth-order valence-electron chi connectivity index (χ4n) is 2.05. The monoisotopic (exact) mass is 248 g/mol. The van der Waals surface area contributed by atoms with Crippen LogP contribution in [-0.4, -0.2) is 22.5 Å². The largest absolute Gasteiger partial charge is 0.480 e. The van der Waals surface area contributed by atoms with Gasteiger partial charge in [-0.2, -0.15) is 0 Å². The lowest BCUT2D eigenvalue weighted by Crippen LogP contribution is -2.60. The summed E-state index contributed by atoms with van der Waals surface area (Å²) in [7, 11) is 0. The van der Waals surface area contributed by atoms with E-state index in [1.807, 2.05) is 6.07 Å². The number of nitrogens with two attached hydrogens (primary N) is 1. The smallest absolute Gasteiger partial charge is 0.329 e. The molecule has 0 aliphatic heterocycles. The second-order valence-corrected chi connectivity index (χ2v) is 4.62. The first-order valence-corrected chi connectivity index (χ1v) is 5.91. The van der Waals surface area contributed by atoms with E-state index in [0.29, 0.717) is 18.4 Å². The minimum absolute atomic E-state index is 0.441. The predicted molar refractivity (Wildman–Crippen MR) is 65.7 cm³/mol. The number of carbonyl (C=O) groups is 2. The molecule has 5 heteroatoms. The van der Waals surface area contributed by atoms with E-state index in [4.69, 9.17) is 10.8 Å². The van der Waals surface area contributed by atoms with Gasteiger partial charge in [0.15, 0.2) is 0 Å². The molecule has 2 rings (SSSR count). The molecular formula is C13H16N2O3. The van der Waals surface area contributed by atoms with Gasteiger partial charge in [-0.05, 0) is 24.8 Å². The maximum absolute atomic E-state index is 12.0. The fraction of sp³-hybridized carbons (Fsp3) is 0.385. The van der Waals surface area contributed by atoms with Crippen molar-refractivity contribution in [2.75, 3.05) is 0 Å². The number of nitrogens with one attached hydrogen (secondary N) is 1. The summed E-state index contributed by atoms with van der Waals surface area (Å²) in [6.45, 7) is 0. The summed E-state index contributed by atoms with van der Waals surface area (Å²) < 4.78 is 0. The van der Waals surface area contributed by atoms with Gasteiger partial charge in [0.2, 0.25) is 5.91 Å². The number of carbonyl (C=O) groups excluding carboxylic acids is 1. The molecule has 18 heavy (non-hydrogen) atoms. The molecule has 1 fully saturated rings. The Balaban J connectivity index is 2.06. The Kier molecular flexibility index (Phi) is 3.34. The van der Waals surface area contributed by atoms with Crippen LogP contribution >= 0.6 is 0 Å². The lowest BCUT2D eigenvalue weighted by molar-refractivity contribution is -0.152. The van der Waals surface area contributed by atoms with Gasteiger partial charge in [-0.1, -0.05) is 30.3 Å². The van der Waals surface area contributed by atoms with Crippen molar-refractivity contribution >= 4 is 11.9 Å². The molecule has 1 aliphatic rings. The Labute approximate surface area is 105 Å². The Bertz CT molecular complexity index is 455. The molecule has 0 aromatic heterocycles. The Morgan fingerprint density at radius 2 is 1.89 bits per heavy atom. The molecule has 96 valence electrons. The van der Waals surface area contributed by atoms with E-state index in [2.05, 4.69) is 5.32 Å². The number of hydrogen-bond donors (Lipinski definition) is 3. The molecule has 4 N–H and O–H groups in total. The maximum Gasteiger partial charge on any atom is 0.329 e. The molecule has 1 saturated carbocycles. The van der Waals surface area contributed by atoms with Crippen LogP contribution in [0.3, 0.4) is 0 Å². The third kappa shape index (κ3) is 2.22. The van der Waals surface area contributed by atoms with Crippen LogP contribution in [0.25, 0.3) is 0 Å². The second-order valence-electron chi connectivity index (χ2n) is 4.62. The van der Waals surface area contributed by atoms with E-state index in [-0.39, 0.29) is 0 Å². The van der Waals surface area contributed by atoms with Crippen LogP contribution in [0, 0.1) is 0 Å². The maximum atomic E-state index is 12.0. The average molecular weight is 248 g/mol. The molecule has 1 aromatic carbocycles. The van der Waals surface area contributed by atoms with Crippen LogP contribution in [-0.2, 0) is 9.59 Å². The van der Waals surface area contributed by atoms with Crippen molar-refractivity contribution in [3.63, 3.8) is 0 Å². The normalized spacial score (nSPS) is 18.5. The van der Waals surface area contributed by atoms with Gasteiger partial charge in [0.1, 0.15) is 11.6 Å². The van der Waals surface area contributed by atoms with Gasteiger partial charge in [0.25, 0.3) is 0 Å². The van der Waals surface area contributed by atoms with Gasteiger partial charge in [0, 0.05) is 0 Å². The van der Waals surface area contributed by atoms with Crippen LogP contribution in [0.1, 0.15) is 30.9 Å². The molecule has 1 aliphatic carbocycles. The lowest BCUT2D eigenvalue weighted by atomic mass is 9.76. The van der Waals surface area contributed by atoms with Gasteiger partial charge in [-0.15, -0.1) is 0 Å². The summed E-state index contributed by atoms with van der Waals surface area (Å²) in [5.41, 5.74) is 5.39. The zero-order chi connectivity index (χ0) is 13.2. The minimum atomic E-state index is -1.11. The first kappa shape index (κ1) is 12.6. The van der Waals surface area contributed by atoms with Crippen molar-refractivity contribution in [1.29, 1.82) is 0 Å². The van der Waals surface area contributed by atoms with Crippen molar-refractivity contribution in [3.05, 3.63) is 35.9 Å². The predicted octanol–water partition coefficient (Wildman–Crippen LogP) is 0.810. The summed E-state index contributed by atoms with van der Waals surface area (Å²) in [5, 5.41) is 11.7. The first-order chi connectivity index (χ1) is 8.55. The molecule has 0 saturated heterocycles. The number of carboxylic acids is 1. The summed E-state index contributed by atoms with van der Waals surface area (Å²) in [4.78, 5) is 23.1. The SMILES string of the molecule is N[C@H](C(=O)NC1(C(=O)O)CCC1)c1ccccc1. The molecule has 1 amide bonds.